The molecule has 0 aliphatic heterocycles. The molecule has 0 unspecified atom stereocenters. The van der Waals surface area contributed by atoms with Gasteiger partial charge in [0.05, 0.1) is 26.3 Å². The van der Waals surface area contributed by atoms with Gasteiger partial charge in [-0.25, -0.2) is 9.79 Å². The molecule has 0 N–H and O–H groups in total. The van der Waals surface area contributed by atoms with Crippen LogP contribution in [-0.4, -0.2) is 26.6 Å². The highest BCUT2D eigenvalue weighted by Crippen LogP contribution is 2.39. The van der Waals surface area contributed by atoms with Crippen LogP contribution in [0.25, 0.3) is 0 Å². The number of carbonyl (C=O) groups is 1. The Morgan fingerprint density at radius 1 is 1.41 bits per heavy atom. The Hall–Kier alpha value is -1.65. The van der Waals surface area contributed by atoms with Gasteiger partial charge in [-0.15, -0.1) is 0 Å². The van der Waals surface area contributed by atoms with Crippen LogP contribution in [0.3, 0.4) is 0 Å². The van der Waals surface area contributed by atoms with Gasteiger partial charge in [-0.1, -0.05) is 15.9 Å². The molecular formula is C11H10BrNO4. The van der Waals surface area contributed by atoms with Crippen molar-refractivity contribution in [3.8, 4) is 11.5 Å². The van der Waals surface area contributed by atoms with Crippen LogP contribution in [0.2, 0.25) is 0 Å². The first-order valence-electron chi connectivity index (χ1n) is 4.61. The molecule has 0 saturated heterocycles. The van der Waals surface area contributed by atoms with Crippen molar-refractivity contribution in [1.82, 2.24) is 0 Å². The molecule has 0 bridgehead atoms. The van der Waals surface area contributed by atoms with Crippen molar-refractivity contribution in [2.75, 3.05) is 14.2 Å². The van der Waals surface area contributed by atoms with Gasteiger partial charge < -0.3 is 9.47 Å². The van der Waals surface area contributed by atoms with E-state index in [0.29, 0.717) is 33.4 Å². The summed E-state index contributed by atoms with van der Waals surface area (Å²) in [5, 5.41) is 0. The van der Waals surface area contributed by atoms with E-state index in [4.69, 9.17) is 9.47 Å². The highest BCUT2D eigenvalue weighted by molar-refractivity contribution is 9.10. The van der Waals surface area contributed by atoms with Gasteiger partial charge in [0.25, 0.3) is 0 Å². The fraction of sp³-hybridized carbons (Fsp3) is 0.273. The second kappa shape index (κ2) is 6.18. The Morgan fingerprint density at radius 2 is 2.06 bits per heavy atom. The molecule has 0 heterocycles. The smallest absolute Gasteiger partial charge is 0.235 e. The van der Waals surface area contributed by atoms with Crippen molar-refractivity contribution in [2.24, 2.45) is 4.99 Å². The maximum atomic E-state index is 10.9. The lowest BCUT2D eigenvalue weighted by Crippen LogP contribution is -2.00. The second-order valence-electron chi connectivity index (χ2n) is 3.02. The quantitative estimate of drug-likeness (QED) is 0.474. The van der Waals surface area contributed by atoms with Crippen LogP contribution in [0, 0.1) is 0 Å². The highest BCUT2D eigenvalue weighted by Gasteiger charge is 2.18. The van der Waals surface area contributed by atoms with Crippen molar-refractivity contribution in [1.29, 1.82) is 0 Å². The summed E-state index contributed by atoms with van der Waals surface area (Å²) in [5.41, 5.74) is 0.980. The van der Waals surface area contributed by atoms with Crippen molar-refractivity contribution >= 4 is 28.3 Å². The molecule has 6 heteroatoms. The molecule has 0 aliphatic rings. The number of ether oxygens (including phenoxy) is 2. The van der Waals surface area contributed by atoms with Crippen LogP contribution in [0.1, 0.15) is 15.9 Å². The van der Waals surface area contributed by atoms with Gasteiger partial charge in [-0.2, -0.15) is 0 Å². The van der Waals surface area contributed by atoms with E-state index in [1.807, 2.05) is 0 Å². The highest BCUT2D eigenvalue weighted by atomic mass is 79.9. The molecule has 0 atom stereocenters. The average Bonchev–Trinajstić information content (AvgIpc) is 2.35. The zero-order chi connectivity index (χ0) is 12.8. The number of nitrogens with zero attached hydrogens (tertiary/aromatic N) is 1. The number of carbonyl (C=O) groups excluding carboxylic acids is 2. The largest absolute Gasteiger partial charge is 0.492 e. The molecule has 1 aromatic rings. The number of hydrogen-bond donors (Lipinski definition) is 0. The SMILES string of the molecule is COc1c(C=O)cc(Br)c(CN=C=O)c1OC. The second-order valence-corrected chi connectivity index (χ2v) is 3.87. The first kappa shape index (κ1) is 13.4. The van der Waals surface area contributed by atoms with E-state index in [9.17, 15) is 9.59 Å². The summed E-state index contributed by atoms with van der Waals surface area (Å²) >= 11 is 3.29. The van der Waals surface area contributed by atoms with E-state index >= 15 is 0 Å². The lowest BCUT2D eigenvalue weighted by Gasteiger charge is -2.14. The molecule has 0 fully saturated rings. The normalized spacial score (nSPS) is 9.35. The molecule has 1 rings (SSSR count). The molecule has 0 spiro atoms. The molecule has 0 saturated carbocycles. The summed E-state index contributed by atoms with van der Waals surface area (Å²) in [4.78, 5) is 24.5. The maximum absolute atomic E-state index is 10.9. The van der Waals surface area contributed by atoms with Crippen molar-refractivity contribution in [2.45, 2.75) is 6.54 Å². The number of aldehydes is 1. The molecule has 90 valence electrons. The third-order valence-electron chi connectivity index (χ3n) is 2.15. The Labute approximate surface area is 107 Å². The number of rotatable bonds is 5. The Kier molecular flexibility index (Phi) is 4.87. The fourth-order valence-corrected chi connectivity index (χ4v) is 1.99. The third-order valence-corrected chi connectivity index (χ3v) is 2.86. The first-order valence-corrected chi connectivity index (χ1v) is 5.41. The van der Waals surface area contributed by atoms with Gasteiger partial charge in [-0.3, -0.25) is 4.79 Å². The zero-order valence-corrected chi connectivity index (χ0v) is 10.9. The van der Waals surface area contributed by atoms with E-state index in [-0.39, 0.29) is 6.54 Å². The number of hydrogen-bond acceptors (Lipinski definition) is 5. The van der Waals surface area contributed by atoms with Gasteiger partial charge in [-0.05, 0) is 6.07 Å². The fourth-order valence-electron chi connectivity index (χ4n) is 1.44. The maximum Gasteiger partial charge on any atom is 0.235 e. The number of aliphatic imine (C=N–C) groups is 1. The zero-order valence-electron chi connectivity index (χ0n) is 9.32. The van der Waals surface area contributed by atoms with Gasteiger partial charge in [0.2, 0.25) is 6.08 Å². The monoisotopic (exact) mass is 299 g/mol. The van der Waals surface area contributed by atoms with Crippen LogP contribution in [-0.2, 0) is 11.3 Å². The predicted molar refractivity (Wildman–Crippen MR) is 64.5 cm³/mol. The van der Waals surface area contributed by atoms with Gasteiger partial charge in [0.15, 0.2) is 17.8 Å². The number of methoxy groups -OCH3 is 2. The molecule has 17 heavy (non-hydrogen) atoms. The summed E-state index contributed by atoms with van der Waals surface area (Å²) in [7, 11) is 2.89. The van der Waals surface area contributed by atoms with E-state index in [0.717, 1.165) is 0 Å². The van der Waals surface area contributed by atoms with Crippen LogP contribution in [0.5, 0.6) is 11.5 Å². The predicted octanol–water partition coefficient (Wildman–Crippen LogP) is 2.11. The summed E-state index contributed by atoms with van der Waals surface area (Å²) < 4.78 is 10.9. The standard InChI is InChI=1S/C11H10BrNO4/c1-16-10-7(5-14)3-9(12)8(4-13-6-15)11(10)17-2/h3,5H,4H2,1-2H3. The molecule has 0 radical (unpaired) electrons. The number of halogens is 1. The minimum Gasteiger partial charge on any atom is -0.492 e. The first-order chi connectivity index (χ1) is 8.19. The molecule has 0 aliphatic carbocycles. The molecule has 5 nitrogen and oxygen atoms in total. The number of isocyanates is 1. The topological polar surface area (TPSA) is 65.0 Å². The average molecular weight is 300 g/mol. The third kappa shape index (κ3) is 2.72. The lowest BCUT2D eigenvalue weighted by atomic mass is 10.1. The van der Waals surface area contributed by atoms with Gasteiger partial charge in [0.1, 0.15) is 0 Å². The van der Waals surface area contributed by atoms with Gasteiger partial charge >= 0.3 is 0 Å². The summed E-state index contributed by atoms with van der Waals surface area (Å²) in [6, 6.07) is 1.59. The van der Waals surface area contributed by atoms with Crippen LogP contribution < -0.4 is 9.47 Å². The summed E-state index contributed by atoms with van der Waals surface area (Å²) in [6.45, 7) is 0.1000. The molecule has 1 aromatic carbocycles. The van der Waals surface area contributed by atoms with E-state index < -0.39 is 0 Å². The van der Waals surface area contributed by atoms with Crippen molar-refractivity contribution in [3.63, 3.8) is 0 Å². The number of benzene rings is 1. The van der Waals surface area contributed by atoms with Crippen molar-refractivity contribution < 1.29 is 19.1 Å². The van der Waals surface area contributed by atoms with Crippen LogP contribution >= 0.6 is 15.9 Å². The van der Waals surface area contributed by atoms with Crippen LogP contribution in [0.15, 0.2) is 15.5 Å². The summed E-state index contributed by atoms with van der Waals surface area (Å²) in [5.74, 6) is 0.699. The Bertz CT molecular complexity index is 481. The molecular weight excluding hydrogens is 290 g/mol. The molecule has 0 amide bonds. The summed E-state index contributed by atoms with van der Waals surface area (Å²) in [6.07, 6.45) is 2.11. The van der Waals surface area contributed by atoms with Crippen LogP contribution in [0.4, 0.5) is 0 Å². The van der Waals surface area contributed by atoms with Crippen molar-refractivity contribution in [3.05, 3.63) is 21.7 Å². The molecule has 0 aromatic heterocycles. The Morgan fingerprint density at radius 3 is 2.53 bits per heavy atom. The minimum absolute atomic E-state index is 0.1000. The van der Waals surface area contributed by atoms with Gasteiger partial charge in [0, 0.05) is 10.0 Å². The Balaban J connectivity index is 3.47. The minimum atomic E-state index is 0.1000. The van der Waals surface area contributed by atoms with E-state index in [1.54, 1.807) is 6.07 Å². The lowest BCUT2D eigenvalue weighted by molar-refractivity contribution is 0.112. The van der Waals surface area contributed by atoms with E-state index in [1.165, 1.54) is 20.3 Å². The van der Waals surface area contributed by atoms with E-state index in [2.05, 4.69) is 20.9 Å².